The summed E-state index contributed by atoms with van der Waals surface area (Å²) in [6.07, 6.45) is 0.551. The fraction of sp³-hybridized carbons (Fsp3) is 0.889. The van der Waals surface area contributed by atoms with Gasteiger partial charge in [0.25, 0.3) is 0 Å². The van der Waals surface area contributed by atoms with Crippen LogP contribution in [0.2, 0.25) is 0 Å². The fourth-order valence-electron chi connectivity index (χ4n) is 1.93. The molecular weight excluding hydrogens is 196 g/mol. The van der Waals surface area contributed by atoms with Gasteiger partial charge in [0, 0.05) is 17.5 Å². The van der Waals surface area contributed by atoms with Crippen molar-refractivity contribution in [2.75, 3.05) is 13.7 Å². The van der Waals surface area contributed by atoms with E-state index >= 15 is 0 Å². The molecule has 84 valence electrons. The molecule has 1 rings (SSSR count). The van der Waals surface area contributed by atoms with E-state index in [1.54, 1.807) is 0 Å². The largest absolute Gasteiger partial charge is 0.468 e. The lowest BCUT2D eigenvalue weighted by Crippen LogP contribution is -2.41. The Kier molecular flexibility index (Phi) is 3.94. The number of azide groups is 1. The van der Waals surface area contributed by atoms with Crippen LogP contribution in [0.4, 0.5) is 0 Å². The predicted molar refractivity (Wildman–Crippen MR) is 55.2 cm³/mol. The Morgan fingerprint density at radius 2 is 2.33 bits per heavy atom. The molecule has 0 bridgehead atoms. The zero-order valence-electron chi connectivity index (χ0n) is 9.25. The van der Waals surface area contributed by atoms with Crippen molar-refractivity contribution in [1.82, 2.24) is 4.90 Å². The molecule has 1 fully saturated rings. The summed E-state index contributed by atoms with van der Waals surface area (Å²) < 4.78 is 4.73. The summed E-state index contributed by atoms with van der Waals surface area (Å²) in [5.41, 5.74) is 8.36. The van der Waals surface area contributed by atoms with Crippen LogP contribution >= 0.6 is 0 Å². The highest BCUT2D eigenvalue weighted by atomic mass is 16.5. The number of esters is 1. The highest BCUT2D eigenvalue weighted by molar-refractivity contribution is 5.76. The number of rotatable bonds is 3. The Hall–Kier alpha value is -1.26. The molecule has 6 heteroatoms. The van der Waals surface area contributed by atoms with Gasteiger partial charge < -0.3 is 4.74 Å². The molecule has 1 aliphatic rings. The van der Waals surface area contributed by atoms with Gasteiger partial charge in [0.2, 0.25) is 0 Å². The number of ether oxygens (including phenoxy) is 1. The molecule has 1 aliphatic heterocycles. The van der Waals surface area contributed by atoms with Gasteiger partial charge in [0.1, 0.15) is 6.04 Å². The van der Waals surface area contributed by atoms with E-state index in [0.29, 0.717) is 13.0 Å². The molecule has 0 N–H and O–H groups in total. The quantitative estimate of drug-likeness (QED) is 0.306. The van der Waals surface area contributed by atoms with E-state index in [1.807, 2.05) is 18.7 Å². The summed E-state index contributed by atoms with van der Waals surface area (Å²) in [5.74, 6) is -0.251. The number of hydrogen-bond acceptors (Lipinski definition) is 4. The Bertz CT molecular complexity index is 286. The van der Waals surface area contributed by atoms with Gasteiger partial charge in [-0.1, -0.05) is 5.11 Å². The minimum absolute atomic E-state index is 0.124. The minimum Gasteiger partial charge on any atom is -0.468 e. The summed E-state index contributed by atoms with van der Waals surface area (Å²) in [6.45, 7) is 4.64. The lowest BCUT2D eigenvalue weighted by atomic mass is 10.2. The fourth-order valence-corrected chi connectivity index (χ4v) is 1.93. The molecule has 15 heavy (non-hydrogen) atoms. The van der Waals surface area contributed by atoms with Crippen LogP contribution in [0.3, 0.4) is 0 Å². The molecule has 0 aromatic rings. The van der Waals surface area contributed by atoms with E-state index in [9.17, 15) is 4.79 Å². The highest BCUT2D eigenvalue weighted by Gasteiger charge is 2.38. The molecule has 0 saturated carbocycles. The van der Waals surface area contributed by atoms with Crippen molar-refractivity contribution in [3.05, 3.63) is 10.4 Å². The van der Waals surface area contributed by atoms with Crippen LogP contribution in [0.15, 0.2) is 5.11 Å². The van der Waals surface area contributed by atoms with Gasteiger partial charge in [-0.25, -0.2) is 0 Å². The van der Waals surface area contributed by atoms with E-state index < -0.39 is 0 Å². The Labute approximate surface area is 88.8 Å². The lowest BCUT2D eigenvalue weighted by molar-refractivity contribution is -0.146. The molecule has 0 aliphatic carbocycles. The first kappa shape index (κ1) is 11.8. The Balaban J connectivity index is 2.76. The first-order chi connectivity index (χ1) is 7.10. The molecule has 1 saturated heterocycles. The average Bonchev–Trinajstić information content (AvgIpc) is 2.61. The van der Waals surface area contributed by atoms with Gasteiger partial charge in [-0.05, 0) is 25.8 Å². The monoisotopic (exact) mass is 212 g/mol. The molecule has 0 spiro atoms. The van der Waals surface area contributed by atoms with Crippen molar-refractivity contribution >= 4 is 5.97 Å². The number of methoxy groups -OCH3 is 1. The van der Waals surface area contributed by atoms with Crippen molar-refractivity contribution in [2.24, 2.45) is 5.11 Å². The van der Waals surface area contributed by atoms with Crippen molar-refractivity contribution in [3.63, 3.8) is 0 Å². The first-order valence-electron chi connectivity index (χ1n) is 4.98. The van der Waals surface area contributed by atoms with Crippen LogP contribution in [-0.2, 0) is 9.53 Å². The SMILES string of the molecule is COC(=O)[C@@H]1C[C@@H](N=[N+]=[N-])CN1C(C)C. The van der Waals surface area contributed by atoms with Gasteiger partial charge in [-0.3, -0.25) is 9.69 Å². The molecule has 0 amide bonds. The first-order valence-corrected chi connectivity index (χ1v) is 4.98. The summed E-state index contributed by atoms with van der Waals surface area (Å²) in [4.78, 5) is 16.3. The molecular formula is C9H16N4O2. The smallest absolute Gasteiger partial charge is 0.323 e. The second-order valence-electron chi connectivity index (χ2n) is 3.92. The van der Waals surface area contributed by atoms with Crippen molar-refractivity contribution in [3.8, 4) is 0 Å². The van der Waals surface area contributed by atoms with Crippen molar-refractivity contribution < 1.29 is 9.53 Å². The standard InChI is InChI=1S/C9H16N4O2/c1-6(2)13-5-7(11-12-10)4-8(13)9(14)15-3/h6-8H,4-5H2,1-3H3/t7-,8+/m1/s1. The molecule has 0 aromatic heterocycles. The Morgan fingerprint density at radius 3 is 2.80 bits per heavy atom. The summed E-state index contributed by atoms with van der Waals surface area (Å²) >= 11 is 0. The van der Waals surface area contributed by atoms with Gasteiger partial charge in [0.15, 0.2) is 0 Å². The maximum atomic E-state index is 11.5. The number of nitrogens with zero attached hydrogens (tertiary/aromatic N) is 4. The van der Waals surface area contributed by atoms with E-state index in [-0.39, 0.29) is 24.1 Å². The molecule has 1 heterocycles. The Morgan fingerprint density at radius 1 is 1.67 bits per heavy atom. The zero-order chi connectivity index (χ0) is 11.4. The zero-order valence-corrected chi connectivity index (χ0v) is 9.25. The van der Waals surface area contributed by atoms with E-state index in [1.165, 1.54) is 7.11 Å². The van der Waals surface area contributed by atoms with Crippen LogP contribution in [0.1, 0.15) is 20.3 Å². The summed E-state index contributed by atoms with van der Waals surface area (Å²) in [7, 11) is 1.38. The van der Waals surface area contributed by atoms with Gasteiger partial charge in [-0.2, -0.15) is 0 Å². The summed E-state index contributed by atoms with van der Waals surface area (Å²) in [5, 5.41) is 3.65. The number of carbonyl (C=O) groups is 1. The maximum absolute atomic E-state index is 11.5. The van der Waals surface area contributed by atoms with Crippen LogP contribution in [0.25, 0.3) is 10.4 Å². The molecule has 0 unspecified atom stereocenters. The van der Waals surface area contributed by atoms with Crippen LogP contribution < -0.4 is 0 Å². The average molecular weight is 212 g/mol. The topological polar surface area (TPSA) is 78.3 Å². The van der Waals surface area contributed by atoms with Gasteiger partial charge in [-0.15, -0.1) is 0 Å². The predicted octanol–water partition coefficient (Wildman–Crippen LogP) is 1.32. The normalized spacial score (nSPS) is 26.4. The van der Waals surface area contributed by atoms with Crippen LogP contribution in [-0.4, -0.2) is 42.6 Å². The minimum atomic E-state index is -0.273. The van der Waals surface area contributed by atoms with E-state index in [4.69, 9.17) is 10.3 Å². The van der Waals surface area contributed by atoms with Gasteiger partial charge >= 0.3 is 5.97 Å². The van der Waals surface area contributed by atoms with E-state index in [0.717, 1.165) is 0 Å². The third-order valence-corrected chi connectivity index (χ3v) is 2.67. The molecule has 2 atom stereocenters. The van der Waals surface area contributed by atoms with Crippen molar-refractivity contribution in [1.29, 1.82) is 0 Å². The third-order valence-electron chi connectivity index (χ3n) is 2.67. The van der Waals surface area contributed by atoms with Crippen LogP contribution in [0, 0.1) is 0 Å². The molecule has 0 aromatic carbocycles. The number of likely N-dealkylation sites (tertiary alicyclic amines) is 1. The number of carbonyl (C=O) groups excluding carboxylic acids is 1. The van der Waals surface area contributed by atoms with Crippen molar-refractivity contribution in [2.45, 2.75) is 38.4 Å². The maximum Gasteiger partial charge on any atom is 0.323 e. The third kappa shape index (κ3) is 2.61. The molecule has 0 radical (unpaired) electrons. The second-order valence-corrected chi connectivity index (χ2v) is 3.92. The number of hydrogen-bond donors (Lipinski definition) is 0. The highest BCUT2D eigenvalue weighted by Crippen LogP contribution is 2.23. The molecule has 6 nitrogen and oxygen atoms in total. The van der Waals surface area contributed by atoms with Gasteiger partial charge in [0.05, 0.1) is 13.2 Å². The van der Waals surface area contributed by atoms with E-state index in [2.05, 4.69) is 10.0 Å². The summed E-state index contributed by atoms with van der Waals surface area (Å²) in [6, 6.07) is -0.153. The lowest BCUT2D eigenvalue weighted by Gasteiger charge is -2.25. The second kappa shape index (κ2) is 5.00. The van der Waals surface area contributed by atoms with Crippen LogP contribution in [0.5, 0.6) is 0 Å².